The predicted molar refractivity (Wildman–Crippen MR) is 148 cm³/mol. The third-order valence-corrected chi connectivity index (χ3v) is 12.6. The molecule has 0 heterocycles. The first kappa shape index (κ1) is 28.1. The SMILES string of the molecule is CC[Si](CC)(CC)O[CH-]CCC(C)(C1C=Cc2ccccc21)C1C=Cc2ccccc21.[Cl][Zr][Cl]. The van der Waals surface area contributed by atoms with Crippen LogP contribution < -0.4 is 0 Å². The van der Waals surface area contributed by atoms with Crippen LogP contribution in [-0.2, 0) is 25.3 Å². The van der Waals surface area contributed by atoms with Crippen LogP contribution in [0.3, 0.4) is 0 Å². The molecule has 2 aliphatic rings. The number of hydrogen-bond acceptors (Lipinski definition) is 1. The molecular weight excluding hydrogens is 555 g/mol. The zero-order valence-corrected chi connectivity index (χ0v) is 25.8. The van der Waals surface area contributed by atoms with Crippen LogP contribution in [0.1, 0.15) is 74.6 Å². The van der Waals surface area contributed by atoms with E-state index >= 15 is 0 Å². The molecule has 2 atom stereocenters. The zero-order valence-electron chi connectivity index (χ0n) is 20.9. The number of halogens is 2. The van der Waals surface area contributed by atoms with Gasteiger partial charge in [0.05, 0.1) is 0 Å². The molecule has 0 aromatic heterocycles. The van der Waals surface area contributed by atoms with Crippen molar-refractivity contribution >= 4 is 37.5 Å². The molecule has 0 amide bonds. The summed E-state index contributed by atoms with van der Waals surface area (Å²) in [6, 6.07) is 21.4. The van der Waals surface area contributed by atoms with Gasteiger partial charge in [0.2, 0.25) is 0 Å². The Bertz CT molecular complexity index is 916. The molecule has 4 rings (SSSR count). The summed E-state index contributed by atoms with van der Waals surface area (Å²) in [6.07, 6.45) is 11.7. The van der Waals surface area contributed by atoms with E-state index in [-0.39, 0.29) is 5.41 Å². The van der Waals surface area contributed by atoms with Crippen LogP contribution in [0.5, 0.6) is 0 Å². The molecule has 0 radical (unpaired) electrons. The minimum absolute atomic E-state index is 0.0981. The third kappa shape index (κ3) is 6.09. The van der Waals surface area contributed by atoms with Crippen LogP contribution >= 0.6 is 17.0 Å². The van der Waals surface area contributed by atoms with Gasteiger partial charge in [-0.1, -0.05) is 107 Å². The van der Waals surface area contributed by atoms with Crippen LogP contribution in [0.4, 0.5) is 0 Å². The first-order valence-corrected chi connectivity index (χ1v) is 21.3. The van der Waals surface area contributed by atoms with Gasteiger partial charge in [0.1, 0.15) is 0 Å². The van der Waals surface area contributed by atoms with Gasteiger partial charge in [0.25, 0.3) is 0 Å². The van der Waals surface area contributed by atoms with Crippen molar-refractivity contribution in [2.45, 2.75) is 70.5 Å². The summed E-state index contributed by atoms with van der Waals surface area (Å²) in [4.78, 5) is 0. The Labute approximate surface area is 226 Å². The second kappa shape index (κ2) is 13.2. The van der Waals surface area contributed by atoms with Crippen LogP contribution in [0.15, 0.2) is 60.7 Å². The van der Waals surface area contributed by atoms with Crippen molar-refractivity contribution in [3.8, 4) is 0 Å². The van der Waals surface area contributed by atoms with E-state index in [2.05, 4.69) is 107 Å². The van der Waals surface area contributed by atoms with Crippen molar-refractivity contribution in [1.82, 2.24) is 0 Å². The average molecular weight is 592 g/mol. The van der Waals surface area contributed by atoms with Crippen LogP contribution in [0, 0.1) is 12.0 Å². The zero-order chi connectivity index (χ0) is 24.6. The molecule has 2 aromatic carbocycles. The maximum absolute atomic E-state index is 6.51. The minimum atomic E-state index is -1.58. The standard InChI is InChI=1S/C29H37OSi.2ClH.Zr/c1-5-31(6-2,7-3)30-22-12-21-29(4,27-19-17-23-13-8-10-15-25(23)27)28-20-18-24-14-9-11-16-26(24)28;;;/h8-11,13-20,22,27-28H,5-7,12,21H2,1-4H3;2*1H;/q-1;;;+2/p-2. The van der Waals surface area contributed by atoms with Crippen molar-refractivity contribution in [2.75, 3.05) is 0 Å². The average Bonchev–Trinajstić information content (AvgIpc) is 3.50. The summed E-state index contributed by atoms with van der Waals surface area (Å²) < 4.78 is 6.51. The second-order valence-corrected chi connectivity index (χ2v) is 18.0. The molecule has 0 saturated carbocycles. The second-order valence-electron chi connectivity index (χ2n) is 9.58. The Balaban J connectivity index is 0.00000103. The fourth-order valence-corrected chi connectivity index (χ4v) is 8.23. The third-order valence-electron chi connectivity index (χ3n) is 8.09. The van der Waals surface area contributed by atoms with E-state index in [0.29, 0.717) is 11.8 Å². The topological polar surface area (TPSA) is 9.23 Å². The van der Waals surface area contributed by atoms with Gasteiger partial charge in [-0.15, -0.1) is 0 Å². The van der Waals surface area contributed by atoms with Gasteiger partial charge in [0.15, 0.2) is 8.32 Å². The van der Waals surface area contributed by atoms with Gasteiger partial charge in [0, 0.05) is 11.8 Å². The molecule has 5 heteroatoms. The quantitative estimate of drug-likeness (QED) is 0.152. The van der Waals surface area contributed by atoms with E-state index in [1.165, 1.54) is 40.4 Å². The van der Waals surface area contributed by atoms with Crippen molar-refractivity contribution < 1.29 is 25.3 Å². The Morgan fingerprint density at radius 3 is 1.74 bits per heavy atom. The molecule has 0 fully saturated rings. The monoisotopic (exact) mass is 589 g/mol. The summed E-state index contributed by atoms with van der Waals surface area (Å²) in [5, 5.41) is 0. The van der Waals surface area contributed by atoms with Gasteiger partial charge in [-0.05, 0) is 45.8 Å². The molecule has 0 aliphatic heterocycles. The fourth-order valence-electron chi connectivity index (χ4n) is 5.76. The molecule has 0 N–H and O–H groups in total. The van der Waals surface area contributed by atoms with Crippen LogP contribution in [0.2, 0.25) is 18.1 Å². The van der Waals surface area contributed by atoms with E-state index < -0.39 is 29.2 Å². The molecule has 0 saturated heterocycles. The normalized spacial score (nSPS) is 19.7. The molecule has 182 valence electrons. The van der Waals surface area contributed by atoms with Gasteiger partial charge in [-0.2, -0.15) is 6.42 Å². The number of hydrogen-bond donors (Lipinski definition) is 0. The molecule has 2 aromatic rings. The molecular formula is C29H37Cl2OSiZr-. The molecule has 0 bridgehead atoms. The van der Waals surface area contributed by atoms with Crippen molar-refractivity contribution in [3.63, 3.8) is 0 Å². The summed E-state index contributed by atoms with van der Waals surface area (Å²) >= 11 is -0.826. The predicted octanol–water partition coefficient (Wildman–Crippen LogP) is 9.95. The molecule has 1 nitrogen and oxygen atoms in total. The van der Waals surface area contributed by atoms with Crippen LogP contribution in [0.25, 0.3) is 12.2 Å². The molecule has 0 spiro atoms. The molecule has 2 unspecified atom stereocenters. The molecule has 2 aliphatic carbocycles. The summed E-state index contributed by atoms with van der Waals surface area (Å²) in [5.41, 5.74) is 5.80. The Morgan fingerprint density at radius 2 is 1.29 bits per heavy atom. The number of fused-ring (bicyclic) bond motifs is 2. The maximum atomic E-state index is 6.51. The number of benzene rings is 2. The van der Waals surface area contributed by atoms with E-state index in [1.807, 2.05) is 0 Å². The van der Waals surface area contributed by atoms with Crippen LogP contribution in [-0.4, -0.2) is 8.32 Å². The number of allylic oxidation sites excluding steroid dienone is 2. The van der Waals surface area contributed by atoms with Gasteiger partial charge < -0.3 is 4.43 Å². The van der Waals surface area contributed by atoms with E-state index in [0.717, 1.165) is 12.8 Å². The Kier molecular flexibility index (Phi) is 10.9. The molecule has 34 heavy (non-hydrogen) atoms. The van der Waals surface area contributed by atoms with E-state index in [1.54, 1.807) is 0 Å². The van der Waals surface area contributed by atoms with Gasteiger partial charge in [-0.3, -0.25) is 0 Å². The summed E-state index contributed by atoms with van der Waals surface area (Å²) in [7, 11) is 8.29. The summed E-state index contributed by atoms with van der Waals surface area (Å²) in [5.74, 6) is 0.840. The first-order valence-electron chi connectivity index (χ1n) is 12.5. The van der Waals surface area contributed by atoms with Crippen molar-refractivity contribution in [2.24, 2.45) is 5.41 Å². The fraction of sp³-hybridized carbons (Fsp3) is 0.414. The Hall–Kier alpha value is -0.440. The summed E-state index contributed by atoms with van der Waals surface area (Å²) in [6.45, 7) is 11.6. The van der Waals surface area contributed by atoms with Gasteiger partial charge >= 0.3 is 37.9 Å². The number of rotatable bonds is 10. The van der Waals surface area contributed by atoms with Gasteiger partial charge in [-0.25, -0.2) is 6.61 Å². The van der Waals surface area contributed by atoms with Crippen molar-refractivity contribution in [3.05, 3.63) is 89.5 Å². The Morgan fingerprint density at radius 1 is 0.853 bits per heavy atom. The van der Waals surface area contributed by atoms with Crippen molar-refractivity contribution in [1.29, 1.82) is 0 Å². The van der Waals surface area contributed by atoms with E-state index in [9.17, 15) is 0 Å². The first-order chi connectivity index (χ1) is 16.5. The van der Waals surface area contributed by atoms with E-state index in [4.69, 9.17) is 21.5 Å².